The third-order valence-corrected chi connectivity index (χ3v) is 20.4. The summed E-state index contributed by atoms with van der Waals surface area (Å²) in [6.07, 6.45) is -13.9. The second-order valence-electron chi connectivity index (χ2n) is 23.6. The summed E-state index contributed by atoms with van der Waals surface area (Å²) in [6, 6.07) is 0.523. The highest BCUT2D eigenvalue weighted by Gasteiger charge is 2.76. The molecule has 0 aromatic heterocycles. The van der Waals surface area contributed by atoms with E-state index in [1.54, 1.807) is 0 Å². The van der Waals surface area contributed by atoms with Crippen molar-refractivity contribution in [3.05, 3.63) is 35.4 Å². The van der Waals surface area contributed by atoms with Gasteiger partial charge in [-0.05, 0) is 0 Å². The minimum Gasteiger partial charge on any atom is -1.00 e. The molecule has 18 fully saturated rings. The number of benzene rings is 1. The maximum Gasteiger partial charge on any atom is 0.326 e. The van der Waals surface area contributed by atoms with Crippen molar-refractivity contribution < 1.29 is 172 Å². The van der Waals surface area contributed by atoms with Gasteiger partial charge in [-0.25, -0.2) is 57.5 Å². The Labute approximate surface area is 561 Å². The lowest BCUT2D eigenvalue weighted by Crippen LogP contribution is -3.00. The van der Waals surface area contributed by atoms with Gasteiger partial charge in [-0.2, -0.15) is 0 Å². The molecule has 94 heavy (non-hydrogen) atoms. The van der Waals surface area contributed by atoms with Crippen LogP contribution in [0.4, 0.5) is 57.5 Å². The van der Waals surface area contributed by atoms with E-state index in [4.69, 9.17) is 0 Å². The van der Waals surface area contributed by atoms with Crippen LogP contribution >= 0.6 is 0 Å². The zero-order valence-corrected chi connectivity index (χ0v) is 53.3. The molecule has 26 N–H and O–H groups in total. The van der Waals surface area contributed by atoms with Crippen LogP contribution in [-0.4, -0.2) is 399 Å². The molecule has 18 aliphatic heterocycles. The SMILES string of the molecule is O.O.O.O.O.O.O.O.O.O.O=C1N2CN3C(=O)N4CN5C(=O)N6CN7C(=O)N8CN9C(=O)N%10CN%11C(=O)N%12CN1C1C2N2CN%13C(=O)N(CN%14C(=O)N(CN%15C(=O)N(CN%16C(=O)N(CN%17C(=O)N(CN1C2=O)C%12C%11%17)C%10C9%16)C8C7%15)C6C5%14)C4C3%13.[I-].[I-].[NH3+]Cc1ccc(C[NH3+])cc1. The van der Waals surface area contributed by atoms with E-state index < -0.39 is 226 Å². The van der Waals surface area contributed by atoms with E-state index in [0.29, 0.717) is 0 Å². The standard InChI is InChI=1S/C36H36N24O12.C8H12N2.2HI.10H2O/c61-25-37-1-38-14-16-42(26(38)62)4-46-18-20-50(30(46)66)8-54-22-24-58(34(54)70)11-57-23-21-53(33(57)69)7-49-19-17-45(29(49)65)3-41(25)15-13(37)39-2-40(14)28(64)44(16)6-48(18)32(68)52(20)10-56(22)36(72)60(24)12-59(23)35(71)55(21)9-51(19)31(67)47(17)5-43(15)27(39)63;9-5-7-1-2-8(6-10)4-3-7;;;;;;;;;;;;/h13-24H,1-12H2;1-4H,5-6,9-10H2;2*1H;10*1H2. The molecule has 24 amide bonds. The third kappa shape index (κ3) is 7.81. The molecule has 1 aromatic rings. The predicted molar refractivity (Wildman–Crippen MR) is 289 cm³/mol. The van der Waals surface area contributed by atoms with Crippen LogP contribution < -0.4 is 59.4 Å². The van der Waals surface area contributed by atoms with Gasteiger partial charge < -0.3 is 114 Å². The first-order valence-corrected chi connectivity index (χ1v) is 27.1. The summed E-state index contributed by atoms with van der Waals surface area (Å²) >= 11 is 0. The highest BCUT2D eigenvalue weighted by atomic mass is 127. The Morgan fingerprint density at radius 1 is 0.202 bits per heavy atom. The third-order valence-electron chi connectivity index (χ3n) is 20.4. The van der Waals surface area contributed by atoms with Crippen LogP contribution in [0, 0.1) is 0 Å². The van der Waals surface area contributed by atoms with Crippen LogP contribution in [0.1, 0.15) is 11.1 Å². The van der Waals surface area contributed by atoms with E-state index in [1.165, 1.54) is 129 Å². The minimum atomic E-state index is -1.16. The first kappa shape index (κ1) is 72.9. The molecular formula is C44H70I2N26O22. The Kier molecular flexibility index (Phi) is 17.9. The quantitative estimate of drug-likeness (QED) is 0.261. The van der Waals surface area contributed by atoms with Crippen molar-refractivity contribution in [3.63, 3.8) is 0 Å². The Balaban J connectivity index is 0.000000526. The zero-order chi connectivity index (χ0) is 55.6. The molecule has 0 aliphatic carbocycles. The number of nitrogens with zero attached hydrogens (tertiary/aromatic N) is 24. The fourth-order valence-electron chi connectivity index (χ4n) is 16.9. The summed E-state index contributed by atoms with van der Waals surface area (Å²) in [5, 5.41) is 0. The summed E-state index contributed by atoms with van der Waals surface area (Å²) in [5.41, 5.74) is 10.2. The topological polar surface area (TPSA) is 653 Å². The van der Waals surface area contributed by atoms with Crippen molar-refractivity contribution in [2.45, 2.75) is 87.1 Å². The Morgan fingerprint density at radius 2 is 0.277 bits per heavy atom. The second kappa shape index (κ2) is 23.1. The maximum absolute atomic E-state index is 15.1. The Hall–Kier alpha value is -8.56. The number of carbonyl (C=O) groups is 12. The Morgan fingerprint density at radius 3 is 0.340 bits per heavy atom. The molecule has 0 saturated carbocycles. The van der Waals surface area contributed by atoms with Crippen molar-refractivity contribution in [2.75, 3.05) is 80.0 Å². The van der Waals surface area contributed by atoms with E-state index in [2.05, 4.69) is 35.7 Å². The van der Waals surface area contributed by atoms with Gasteiger partial charge in [0.05, 0.1) is 13.1 Å². The van der Waals surface area contributed by atoms with Gasteiger partial charge in [0.15, 0.2) is 74.0 Å². The van der Waals surface area contributed by atoms with E-state index in [-0.39, 0.29) is 103 Å². The van der Waals surface area contributed by atoms with Crippen LogP contribution in [0.3, 0.4) is 0 Å². The van der Waals surface area contributed by atoms with Gasteiger partial charge in [0.2, 0.25) is 0 Å². The molecule has 18 aliphatic rings. The Bertz CT molecular complexity index is 2560. The average Bonchev–Trinajstić information content (AvgIpc) is 1.52. The average molecular weight is 1570 g/mol. The van der Waals surface area contributed by atoms with Crippen molar-refractivity contribution in [3.8, 4) is 0 Å². The molecule has 0 bridgehead atoms. The van der Waals surface area contributed by atoms with E-state index in [0.717, 1.165) is 13.1 Å². The van der Waals surface area contributed by atoms with Crippen LogP contribution in [0.25, 0.3) is 0 Å². The van der Waals surface area contributed by atoms with E-state index in [9.17, 15) is 0 Å². The fraction of sp³-hybridized carbons (Fsp3) is 0.591. The molecule has 18 heterocycles. The zero-order valence-electron chi connectivity index (χ0n) is 48.9. The molecular weight excluding hydrogens is 1500 g/mol. The van der Waals surface area contributed by atoms with Gasteiger partial charge in [-0.15, -0.1) is 0 Å². The molecule has 19 rings (SSSR count). The first-order valence-electron chi connectivity index (χ1n) is 27.1. The molecule has 0 atom stereocenters. The molecule has 522 valence electrons. The maximum atomic E-state index is 15.1. The highest BCUT2D eigenvalue weighted by Crippen LogP contribution is 2.51. The molecule has 0 radical (unpaired) electrons. The first-order chi connectivity index (χ1) is 39.6. The smallest absolute Gasteiger partial charge is 0.326 e. The van der Waals surface area contributed by atoms with E-state index in [1.807, 2.05) is 0 Å². The number of rotatable bonds is 2. The molecule has 50 heteroatoms. The van der Waals surface area contributed by atoms with Gasteiger partial charge in [-0.1, -0.05) is 24.3 Å². The van der Waals surface area contributed by atoms with Crippen LogP contribution in [-0.2, 0) is 13.1 Å². The summed E-state index contributed by atoms with van der Waals surface area (Å²) in [4.78, 5) is 213. The monoisotopic (exact) mass is 1570 g/mol. The van der Waals surface area contributed by atoms with Gasteiger partial charge in [0, 0.05) is 11.1 Å². The molecule has 18 saturated heterocycles. The molecule has 48 nitrogen and oxygen atoms in total. The molecule has 0 unspecified atom stereocenters. The summed E-state index contributed by atoms with van der Waals surface area (Å²) in [5.74, 6) is 0. The number of carbonyl (C=O) groups excluding carboxylic acids is 12. The number of hydrogen-bond donors (Lipinski definition) is 2. The van der Waals surface area contributed by atoms with Crippen LogP contribution in [0.15, 0.2) is 24.3 Å². The van der Waals surface area contributed by atoms with Crippen molar-refractivity contribution in [1.29, 1.82) is 0 Å². The van der Waals surface area contributed by atoms with Crippen LogP contribution in [0.5, 0.6) is 0 Å². The minimum absolute atomic E-state index is 0. The second-order valence-corrected chi connectivity index (χ2v) is 23.6. The predicted octanol–water partition coefficient (Wildman–Crippen LogP) is -20.7. The normalized spacial score (nSPS) is 31.9. The largest absolute Gasteiger partial charge is 1.00 e. The highest BCUT2D eigenvalue weighted by molar-refractivity contribution is 5.95. The fourth-order valence-corrected chi connectivity index (χ4v) is 16.9. The van der Waals surface area contributed by atoms with Gasteiger partial charge in [0.25, 0.3) is 0 Å². The van der Waals surface area contributed by atoms with E-state index >= 15 is 57.5 Å². The summed E-state index contributed by atoms with van der Waals surface area (Å²) in [6.45, 7) is -3.74. The van der Waals surface area contributed by atoms with Gasteiger partial charge >= 0.3 is 72.4 Å². The number of halogens is 2. The number of urea groups is 12. The lowest BCUT2D eigenvalue weighted by molar-refractivity contribution is -0.387. The van der Waals surface area contributed by atoms with Crippen molar-refractivity contribution in [2.24, 2.45) is 0 Å². The molecule has 1 aromatic carbocycles. The molecule has 0 spiro atoms. The van der Waals surface area contributed by atoms with Gasteiger partial charge in [-0.3, -0.25) is 118 Å². The van der Waals surface area contributed by atoms with Crippen molar-refractivity contribution >= 4 is 72.4 Å². The van der Waals surface area contributed by atoms with Gasteiger partial charge in [0.1, 0.15) is 80.0 Å². The lowest BCUT2D eigenvalue weighted by atomic mass is 10.1. The number of hydrogen-bond acceptors (Lipinski definition) is 12. The lowest BCUT2D eigenvalue weighted by Gasteiger charge is -2.42. The van der Waals surface area contributed by atoms with Crippen LogP contribution in [0.2, 0.25) is 0 Å². The number of quaternary nitrogens is 2. The number of amides is 24. The summed E-state index contributed by atoms with van der Waals surface area (Å²) in [7, 11) is 0. The summed E-state index contributed by atoms with van der Waals surface area (Å²) < 4.78 is 0. The van der Waals surface area contributed by atoms with Crippen molar-refractivity contribution in [1.82, 2.24) is 118 Å².